The van der Waals surface area contributed by atoms with Gasteiger partial charge in [0, 0.05) is 25.9 Å². The number of hydrogen-bond acceptors (Lipinski definition) is 2. The van der Waals surface area contributed by atoms with Gasteiger partial charge in [0.1, 0.15) is 6.04 Å². The number of amides is 2. The quantitative estimate of drug-likeness (QED) is 0.219. The highest BCUT2D eigenvalue weighted by molar-refractivity contribution is 5.89. The molecule has 4 aromatic rings. The van der Waals surface area contributed by atoms with Crippen LogP contribution in [0, 0.1) is 6.92 Å². The monoisotopic (exact) mass is 506 g/mol. The zero-order chi connectivity index (χ0) is 26.7. The highest BCUT2D eigenvalue weighted by Crippen LogP contribution is 2.22. The maximum absolute atomic E-state index is 13.9. The van der Waals surface area contributed by atoms with Gasteiger partial charge >= 0.3 is 0 Å². The Labute approximate surface area is 226 Å². The average molecular weight is 507 g/mol. The van der Waals surface area contributed by atoms with Crippen LogP contribution in [-0.4, -0.2) is 29.3 Å². The lowest BCUT2D eigenvalue weighted by Gasteiger charge is -2.32. The fraction of sp³-hybridized carbons (Fsp3) is 0.294. The summed E-state index contributed by atoms with van der Waals surface area (Å²) in [5, 5.41) is 5.44. The summed E-state index contributed by atoms with van der Waals surface area (Å²) in [5.74, 6) is -0.0991. The number of nitrogens with zero attached hydrogens (tertiary/aromatic N) is 1. The van der Waals surface area contributed by atoms with Crippen molar-refractivity contribution in [1.82, 2.24) is 10.2 Å². The first-order valence-electron chi connectivity index (χ1n) is 13.7. The molecular formula is C34H38N2O2. The number of rotatable bonds is 12. The minimum atomic E-state index is -0.587. The molecule has 0 aromatic heterocycles. The lowest BCUT2D eigenvalue weighted by atomic mass is 9.99. The predicted octanol–water partition coefficient (Wildman–Crippen LogP) is 6.64. The Hall–Kier alpha value is -3.92. The van der Waals surface area contributed by atoms with Crippen LogP contribution >= 0.6 is 0 Å². The Morgan fingerprint density at radius 1 is 0.816 bits per heavy atom. The molecule has 0 fully saturated rings. The molecule has 4 heteroatoms. The van der Waals surface area contributed by atoms with E-state index in [1.54, 1.807) is 4.90 Å². The third kappa shape index (κ3) is 7.32. The normalized spacial score (nSPS) is 11.7. The van der Waals surface area contributed by atoms with Crippen molar-refractivity contribution in [2.75, 3.05) is 6.54 Å². The highest BCUT2D eigenvalue weighted by Gasteiger charge is 2.30. The van der Waals surface area contributed by atoms with Gasteiger partial charge in [0.15, 0.2) is 0 Å². The van der Waals surface area contributed by atoms with Crippen LogP contribution in [0.1, 0.15) is 48.4 Å². The van der Waals surface area contributed by atoms with Gasteiger partial charge in [-0.3, -0.25) is 9.59 Å². The summed E-state index contributed by atoms with van der Waals surface area (Å²) < 4.78 is 0. The molecule has 1 N–H and O–H groups in total. The van der Waals surface area contributed by atoms with Crippen molar-refractivity contribution in [2.45, 2.75) is 58.5 Å². The SMILES string of the molecule is CCCCNC(=O)[C@H](Cc1ccccc1)N(Cc1ccc(C)cc1)C(=O)CCc1cccc2ccccc12. The molecule has 0 bridgehead atoms. The minimum absolute atomic E-state index is 0.00918. The summed E-state index contributed by atoms with van der Waals surface area (Å²) in [4.78, 5) is 29.3. The lowest BCUT2D eigenvalue weighted by Crippen LogP contribution is -2.50. The van der Waals surface area contributed by atoms with Crippen LogP contribution in [0.3, 0.4) is 0 Å². The van der Waals surface area contributed by atoms with E-state index in [2.05, 4.69) is 67.7 Å². The zero-order valence-corrected chi connectivity index (χ0v) is 22.5. The van der Waals surface area contributed by atoms with Crippen molar-refractivity contribution in [3.05, 3.63) is 119 Å². The molecule has 0 aliphatic heterocycles. The second-order valence-electron chi connectivity index (χ2n) is 10.00. The molecule has 4 aromatic carbocycles. The van der Waals surface area contributed by atoms with E-state index in [4.69, 9.17) is 0 Å². The molecule has 196 valence electrons. The van der Waals surface area contributed by atoms with Crippen molar-refractivity contribution in [1.29, 1.82) is 0 Å². The molecule has 2 amide bonds. The number of benzene rings is 4. The topological polar surface area (TPSA) is 49.4 Å². The smallest absolute Gasteiger partial charge is 0.243 e. The standard InChI is InChI=1S/C34H38N2O2/c1-3-4-23-35-34(38)32(24-27-11-6-5-7-12-27)36(25-28-19-17-26(2)18-20-28)33(37)22-21-30-15-10-14-29-13-8-9-16-31(29)30/h5-20,32H,3-4,21-25H2,1-2H3,(H,35,38)/t32-/m0/s1. The Balaban J connectivity index is 1.62. The molecule has 0 unspecified atom stereocenters. The van der Waals surface area contributed by atoms with Gasteiger partial charge in [0.25, 0.3) is 0 Å². The van der Waals surface area contributed by atoms with Crippen molar-refractivity contribution in [3.8, 4) is 0 Å². The predicted molar refractivity (Wildman–Crippen MR) is 156 cm³/mol. The van der Waals surface area contributed by atoms with Crippen LogP contribution in [0.5, 0.6) is 0 Å². The Kier molecular flexibility index (Phi) is 9.69. The van der Waals surface area contributed by atoms with Gasteiger partial charge in [-0.25, -0.2) is 0 Å². The van der Waals surface area contributed by atoms with Crippen LogP contribution in [-0.2, 0) is 29.0 Å². The first kappa shape index (κ1) is 27.1. The second-order valence-corrected chi connectivity index (χ2v) is 10.00. The van der Waals surface area contributed by atoms with Crippen molar-refractivity contribution < 1.29 is 9.59 Å². The maximum atomic E-state index is 13.9. The van der Waals surface area contributed by atoms with Gasteiger partial charge in [0.2, 0.25) is 11.8 Å². The molecule has 1 atom stereocenters. The molecule has 0 aliphatic rings. The van der Waals surface area contributed by atoms with E-state index in [1.165, 1.54) is 16.3 Å². The maximum Gasteiger partial charge on any atom is 0.243 e. The van der Waals surface area contributed by atoms with Gasteiger partial charge in [-0.05, 0) is 47.2 Å². The number of unbranched alkanes of at least 4 members (excludes halogenated alkanes) is 1. The zero-order valence-electron chi connectivity index (χ0n) is 22.5. The summed E-state index contributed by atoms with van der Waals surface area (Å²) in [6.07, 6.45) is 3.36. The number of fused-ring (bicyclic) bond motifs is 1. The van der Waals surface area contributed by atoms with E-state index in [-0.39, 0.29) is 11.8 Å². The lowest BCUT2D eigenvalue weighted by molar-refractivity contribution is -0.141. The van der Waals surface area contributed by atoms with Gasteiger partial charge in [-0.2, -0.15) is 0 Å². The fourth-order valence-electron chi connectivity index (χ4n) is 4.85. The molecule has 0 saturated carbocycles. The van der Waals surface area contributed by atoms with Crippen molar-refractivity contribution in [2.24, 2.45) is 0 Å². The summed E-state index contributed by atoms with van der Waals surface area (Å²) >= 11 is 0. The molecule has 0 aliphatic carbocycles. The number of nitrogens with one attached hydrogen (secondary N) is 1. The van der Waals surface area contributed by atoms with Gasteiger partial charge in [-0.15, -0.1) is 0 Å². The summed E-state index contributed by atoms with van der Waals surface area (Å²) in [6.45, 7) is 5.17. The Morgan fingerprint density at radius 3 is 2.29 bits per heavy atom. The molecular weight excluding hydrogens is 468 g/mol. The van der Waals surface area contributed by atoms with Gasteiger partial charge in [0.05, 0.1) is 0 Å². The molecule has 0 spiro atoms. The molecule has 4 rings (SSSR count). The van der Waals surface area contributed by atoms with E-state index in [1.807, 2.05) is 48.5 Å². The third-order valence-electron chi connectivity index (χ3n) is 7.06. The number of carbonyl (C=O) groups excluding carboxylic acids is 2. The fourth-order valence-corrected chi connectivity index (χ4v) is 4.85. The Morgan fingerprint density at radius 2 is 1.53 bits per heavy atom. The molecule has 0 heterocycles. The van der Waals surface area contributed by atoms with Gasteiger partial charge in [-0.1, -0.05) is 116 Å². The first-order chi connectivity index (χ1) is 18.5. The summed E-state index contributed by atoms with van der Waals surface area (Å²) in [7, 11) is 0. The van der Waals surface area contributed by atoms with E-state index in [0.717, 1.165) is 29.5 Å². The van der Waals surface area contributed by atoms with E-state index < -0.39 is 6.04 Å². The van der Waals surface area contributed by atoms with Gasteiger partial charge < -0.3 is 10.2 Å². The third-order valence-corrected chi connectivity index (χ3v) is 7.06. The van der Waals surface area contributed by atoms with Crippen LogP contribution in [0.2, 0.25) is 0 Å². The molecule has 4 nitrogen and oxygen atoms in total. The molecule has 0 saturated heterocycles. The van der Waals surface area contributed by atoms with E-state index in [9.17, 15) is 9.59 Å². The number of aryl methyl sites for hydroxylation is 2. The minimum Gasteiger partial charge on any atom is -0.354 e. The molecule has 0 radical (unpaired) electrons. The van der Waals surface area contributed by atoms with Crippen molar-refractivity contribution >= 4 is 22.6 Å². The van der Waals surface area contributed by atoms with E-state index >= 15 is 0 Å². The van der Waals surface area contributed by atoms with Crippen molar-refractivity contribution in [3.63, 3.8) is 0 Å². The Bertz CT molecular complexity index is 1330. The first-order valence-corrected chi connectivity index (χ1v) is 13.7. The van der Waals surface area contributed by atoms with Crippen LogP contribution in [0.25, 0.3) is 10.8 Å². The molecule has 38 heavy (non-hydrogen) atoms. The van der Waals surface area contributed by atoms with Crippen LogP contribution in [0.4, 0.5) is 0 Å². The summed E-state index contributed by atoms with van der Waals surface area (Å²) in [6, 6.07) is 32.1. The van der Waals surface area contributed by atoms with E-state index in [0.29, 0.717) is 32.4 Å². The highest BCUT2D eigenvalue weighted by atomic mass is 16.2. The second kappa shape index (κ2) is 13.6. The average Bonchev–Trinajstić information content (AvgIpc) is 2.95. The number of carbonyl (C=O) groups is 2. The summed E-state index contributed by atoms with van der Waals surface area (Å²) in [5.41, 5.74) is 4.38. The van der Waals surface area contributed by atoms with Crippen LogP contribution < -0.4 is 5.32 Å². The largest absolute Gasteiger partial charge is 0.354 e. The number of hydrogen-bond donors (Lipinski definition) is 1. The van der Waals surface area contributed by atoms with Crippen LogP contribution in [0.15, 0.2) is 97.1 Å².